The average Bonchev–Trinajstić information content (AvgIpc) is 3.35. The number of nitrogens with zero attached hydrogens (tertiary/aromatic N) is 3. The maximum atomic E-state index is 11.0. The van der Waals surface area contributed by atoms with E-state index in [2.05, 4.69) is 79.9 Å². The molecule has 7 aromatic rings. The quantitative estimate of drug-likeness (QED) is 0.224. The molecule has 206 valence electrons. The van der Waals surface area contributed by atoms with E-state index in [0.717, 1.165) is 56.1 Å². The number of pyridine rings is 2. The summed E-state index contributed by atoms with van der Waals surface area (Å²) in [6.07, 6.45) is 2.68. The number of rotatable bonds is 6. The second-order valence-electron chi connectivity index (χ2n) is 10.9. The number of para-hydroxylation sites is 1. The van der Waals surface area contributed by atoms with E-state index >= 15 is 0 Å². The average molecular weight is 550 g/mol. The van der Waals surface area contributed by atoms with Gasteiger partial charge >= 0.3 is 0 Å². The summed E-state index contributed by atoms with van der Waals surface area (Å²) in [6, 6.07) is 34.7. The van der Waals surface area contributed by atoms with E-state index in [1.165, 1.54) is 5.56 Å². The number of phenolic OH excluding ortho intramolecular Hbond substituents is 1. The van der Waals surface area contributed by atoms with Crippen molar-refractivity contribution >= 4 is 32.7 Å². The van der Waals surface area contributed by atoms with Crippen LogP contribution in [0, 0.1) is 0 Å². The minimum absolute atomic E-state index is 0.152. The lowest BCUT2D eigenvalue weighted by Gasteiger charge is -2.15. The van der Waals surface area contributed by atoms with Gasteiger partial charge in [-0.2, -0.15) is 0 Å². The van der Waals surface area contributed by atoms with Crippen LogP contribution >= 0.6 is 0 Å². The van der Waals surface area contributed by atoms with Crippen molar-refractivity contribution in [2.24, 2.45) is 0 Å². The third kappa shape index (κ3) is 4.34. The smallest absolute Gasteiger partial charge is 0.219 e. The van der Waals surface area contributed by atoms with Gasteiger partial charge in [0.25, 0.3) is 0 Å². The van der Waals surface area contributed by atoms with Crippen LogP contribution in [0.15, 0.2) is 109 Å². The molecular formula is C37H31N3O2. The van der Waals surface area contributed by atoms with Crippen molar-refractivity contribution < 1.29 is 9.84 Å². The summed E-state index contributed by atoms with van der Waals surface area (Å²) in [5.41, 5.74) is 7.12. The molecule has 0 aliphatic rings. The van der Waals surface area contributed by atoms with Gasteiger partial charge in [0, 0.05) is 34.5 Å². The van der Waals surface area contributed by atoms with Crippen molar-refractivity contribution in [3.8, 4) is 34.3 Å². The van der Waals surface area contributed by atoms with Crippen molar-refractivity contribution in [3.63, 3.8) is 0 Å². The van der Waals surface area contributed by atoms with Gasteiger partial charge in [0.2, 0.25) is 5.88 Å². The zero-order valence-corrected chi connectivity index (χ0v) is 23.9. The van der Waals surface area contributed by atoms with Crippen LogP contribution in [-0.2, 0) is 6.42 Å². The maximum absolute atomic E-state index is 11.0. The Bertz CT molecular complexity index is 2090. The van der Waals surface area contributed by atoms with E-state index in [9.17, 15) is 5.11 Å². The zero-order valence-electron chi connectivity index (χ0n) is 23.9. The van der Waals surface area contributed by atoms with Crippen molar-refractivity contribution in [2.75, 3.05) is 0 Å². The highest BCUT2D eigenvalue weighted by Crippen LogP contribution is 2.39. The molecule has 0 saturated heterocycles. The van der Waals surface area contributed by atoms with Crippen LogP contribution in [-0.4, -0.2) is 19.6 Å². The van der Waals surface area contributed by atoms with Gasteiger partial charge in [-0.25, -0.2) is 9.97 Å². The summed E-state index contributed by atoms with van der Waals surface area (Å²) < 4.78 is 8.54. The molecule has 0 saturated carbocycles. The highest BCUT2D eigenvalue weighted by atomic mass is 16.5. The zero-order chi connectivity index (χ0) is 28.8. The Hall–Kier alpha value is -5.16. The molecule has 0 amide bonds. The first-order valence-electron chi connectivity index (χ1n) is 14.4. The standard InChI is InChI=1S/C37H31N3O2/c1-4-24-20-33(41)37-30(36(24)25-10-6-5-7-11-25)16-17-35(39-37)42-27-14-15-29-28-12-8-9-13-31(28)40(32(29)22-27)34-21-26(23(2)3)18-19-38-34/h5-23,41H,4H2,1-3H3. The molecule has 0 bridgehead atoms. The molecule has 5 nitrogen and oxygen atoms in total. The summed E-state index contributed by atoms with van der Waals surface area (Å²) >= 11 is 0. The van der Waals surface area contributed by atoms with Gasteiger partial charge in [-0.1, -0.05) is 69.3 Å². The summed E-state index contributed by atoms with van der Waals surface area (Å²) in [4.78, 5) is 9.53. The van der Waals surface area contributed by atoms with Gasteiger partial charge < -0.3 is 9.84 Å². The third-order valence-corrected chi connectivity index (χ3v) is 7.99. The molecule has 3 heterocycles. The molecule has 0 fully saturated rings. The minimum atomic E-state index is 0.152. The van der Waals surface area contributed by atoms with E-state index in [0.29, 0.717) is 23.1 Å². The van der Waals surface area contributed by atoms with Crippen LogP contribution in [0.1, 0.15) is 37.8 Å². The molecule has 42 heavy (non-hydrogen) atoms. The molecular weight excluding hydrogens is 518 g/mol. The lowest BCUT2D eigenvalue weighted by molar-refractivity contribution is 0.460. The molecule has 0 spiro atoms. The first kappa shape index (κ1) is 25.8. The molecule has 1 N–H and O–H groups in total. The van der Waals surface area contributed by atoms with E-state index in [1.54, 1.807) is 0 Å². The van der Waals surface area contributed by atoms with Crippen LogP contribution in [0.5, 0.6) is 17.4 Å². The molecule has 0 unspecified atom stereocenters. The first-order chi connectivity index (χ1) is 20.5. The van der Waals surface area contributed by atoms with Crippen LogP contribution in [0.2, 0.25) is 0 Å². The Kier molecular flexibility index (Phi) is 6.35. The predicted octanol–water partition coefficient (Wildman–Crippen LogP) is 9.58. The number of ether oxygens (including phenoxy) is 1. The Morgan fingerprint density at radius 1 is 0.786 bits per heavy atom. The Morgan fingerprint density at radius 3 is 2.36 bits per heavy atom. The first-order valence-corrected chi connectivity index (χ1v) is 14.4. The summed E-state index contributed by atoms with van der Waals surface area (Å²) in [5.74, 6) is 2.50. The van der Waals surface area contributed by atoms with Crippen LogP contribution in [0.4, 0.5) is 0 Å². The van der Waals surface area contributed by atoms with Gasteiger partial charge in [0.1, 0.15) is 22.8 Å². The maximum Gasteiger partial charge on any atom is 0.219 e. The van der Waals surface area contributed by atoms with Crippen LogP contribution in [0.3, 0.4) is 0 Å². The third-order valence-electron chi connectivity index (χ3n) is 7.99. The van der Waals surface area contributed by atoms with Crippen LogP contribution < -0.4 is 4.74 Å². The number of aryl methyl sites for hydroxylation is 1. The van der Waals surface area contributed by atoms with Crippen LogP contribution in [0.25, 0.3) is 49.7 Å². The molecule has 0 aliphatic heterocycles. The summed E-state index contributed by atoms with van der Waals surface area (Å²) in [5, 5.41) is 14.1. The molecule has 0 aliphatic carbocycles. The summed E-state index contributed by atoms with van der Waals surface area (Å²) in [6.45, 7) is 6.48. The molecule has 4 aromatic carbocycles. The number of benzene rings is 4. The highest BCUT2D eigenvalue weighted by Gasteiger charge is 2.17. The number of fused-ring (bicyclic) bond motifs is 4. The second-order valence-corrected chi connectivity index (χ2v) is 10.9. The topological polar surface area (TPSA) is 60.2 Å². The van der Waals surface area contributed by atoms with Gasteiger partial charge in [0.15, 0.2) is 0 Å². The minimum Gasteiger partial charge on any atom is -0.506 e. The number of aromatic hydroxyl groups is 1. The van der Waals surface area contributed by atoms with Crippen molar-refractivity contribution in [3.05, 3.63) is 120 Å². The highest BCUT2D eigenvalue weighted by molar-refractivity contribution is 6.09. The Labute approximate surface area is 244 Å². The largest absolute Gasteiger partial charge is 0.506 e. The SMILES string of the molecule is CCc1cc(O)c2nc(Oc3ccc4c5ccccc5n(-c5cc(C(C)C)ccn5)c4c3)ccc2c1-c1ccccc1. The van der Waals surface area contributed by atoms with Crippen molar-refractivity contribution in [1.82, 2.24) is 14.5 Å². The summed E-state index contributed by atoms with van der Waals surface area (Å²) in [7, 11) is 0. The molecule has 0 atom stereocenters. The van der Waals surface area contributed by atoms with E-state index in [4.69, 9.17) is 14.7 Å². The van der Waals surface area contributed by atoms with Gasteiger partial charge in [-0.15, -0.1) is 0 Å². The lowest BCUT2D eigenvalue weighted by atomic mass is 9.93. The number of aromatic nitrogens is 3. The molecule has 3 aromatic heterocycles. The number of phenols is 1. The molecule has 5 heteroatoms. The predicted molar refractivity (Wildman–Crippen MR) is 171 cm³/mol. The van der Waals surface area contributed by atoms with Gasteiger partial charge in [-0.3, -0.25) is 4.57 Å². The van der Waals surface area contributed by atoms with Gasteiger partial charge in [-0.05, 0) is 77.1 Å². The fourth-order valence-electron chi connectivity index (χ4n) is 5.90. The normalized spacial score (nSPS) is 11.6. The molecule has 0 radical (unpaired) electrons. The van der Waals surface area contributed by atoms with E-state index < -0.39 is 0 Å². The number of hydrogen-bond donors (Lipinski definition) is 1. The number of hydrogen-bond acceptors (Lipinski definition) is 4. The van der Waals surface area contributed by atoms with E-state index in [-0.39, 0.29) is 5.75 Å². The fraction of sp³-hybridized carbons (Fsp3) is 0.135. The van der Waals surface area contributed by atoms with Crippen molar-refractivity contribution in [2.45, 2.75) is 33.1 Å². The fourth-order valence-corrected chi connectivity index (χ4v) is 5.90. The van der Waals surface area contributed by atoms with E-state index in [1.807, 2.05) is 54.7 Å². The Morgan fingerprint density at radius 2 is 1.55 bits per heavy atom. The van der Waals surface area contributed by atoms with Gasteiger partial charge in [0.05, 0.1) is 11.0 Å². The lowest BCUT2D eigenvalue weighted by Crippen LogP contribution is -1.99. The second kappa shape index (κ2) is 10.3. The molecule has 7 rings (SSSR count). The van der Waals surface area contributed by atoms with Crippen molar-refractivity contribution in [1.29, 1.82) is 0 Å². The Balaban J connectivity index is 1.35. The monoisotopic (exact) mass is 549 g/mol.